The number of hydrogen-bond acceptors (Lipinski definition) is 6. The number of aromatic nitrogens is 4. The molecule has 0 spiro atoms. The Hall–Kier alpha value is -4.40. The molecule has 38 heavy (non-hydrogen) atoms. The van der Waals surface area contributed by atoms with Gasteiger partial charge in [-0.3, -0.25) is 9.59 Å². The van der Waals surface area contributed by atoms with Crippen molar-refractivity contribution in [3.63, 3.8) is 0 Å². The number of carbonyl (C=O) groups excluding carboxylic acids is 2. The van der Waals surface area contributed by atoms with E-state index in [2.05, 4.69) is 16.5 Å². The fourth-order valence-corrected chi connectivity index (χ4v) is 5.10. The number of likely N-dealkylation sites (tertiary alicyclic amines) is 1. The summed E-state index contributed by atoms with van der Waals surface area (Å²) in [6.45, 7) is 6.56. The average Bonchev–Trinajstić information content (AvgIpc) is 3.33. The molecule has 0 saturated carbocycles. The lowest BCUT2D eigenvalue weighted by molar-refractivity contribution is -0.127. The lowest BCUT2D eigenvalue weighted by Gasteiger charge is -2.32. The van der Waals surface area contributed by atoms with Crippen molar-refractivity contribution in [3.05, 3.63) is 84.0 Å². The number of benzene rings is 2. The van der Waals surface area contributed by atoms with Crippen molar-refractivity contribution in [2.24, 2.45) is 0 Å². The molecule has 194 valence electrons. The number of anilines is 1. The van der Waals surface area contributed by atoms with E-state index in [1.54, 1.807) is 17.9 Å². The van der Waals surface area contributed by atoms with Crippen LogP contribution < -0.4 is 5.73 Å². The fourth-order valence-electron chi connectivity index (χ4n) is 5.10. The van der Waals surface area contributed by atoms with Gasteiger partial charge in [-0.25, -0.2) is 19.0 Å². The van der Waals surface area contributed by atoms with E-state index in [-0.39, 0.29) is 23.5 Å². The molecule has 4 aromatic rings. The molecule has 2 N–H and O–H groups in total. The van der Waals surface area contributed by atoms with Gasteiger partial charge in [-0.05, 0) is 61.6 Å². The van der Waals surface area contributed by atoms with Crippen molar-refractivity contribution >= 4 is 28.5 Å². The second kappa shape index (κ2) is 10.5. The van der Waals surface area contributed by atoms with Crippen molar-refractivity contribution in [1.29, 1.82) is 0 Å². The first-order valence-electron chi connectivity index (χ1n) is 12.6. The highest BCUT2D eigenvalue weighted by molar-refractivity contribution is 5.99. The number of carbonyl (C=O) groups is 2. The third-order valence-electron chi connectivity index (χ3n) is 7.10. The van der Waals surface area contributed by atoms with Gasteiger partial charge in [-0.2, -0.15) is 5.10 Å². The molecule has 9 heteroatoms. The van der Waals surface area contributed by atoms with Crippen LogP contribution in [0.4, 0.5) is 10.2 Å². The van der Waals surface area contributed by atoms with Gasteiger partial charge < -0.3 is 10.6 Å². The van der Waals surface area contributed by atoms with E-state index in [1.165, 1.54) is 24.5 Å². The first-order chi connectivity index (χ1) is 18.4. The van der Waals surface area contributed by atoms with Crippen LogP contribution in [0.2, 0.25) is 0 Å². The van der Waals surface area contributed by atoms with Crippen LogP contribution in [-0.2, 0) is 11.2 Å². The summed E-state index contributed by atoms with van der Waals surface area (Å²) in [5.41, 5.74) is 10.6. The Balaban J connectivity index is 1.39. The number of hydrogen-bond donors (Lipinski definition) is 1. The van der Waals surface area contributed by atoms with Crippen LogP contribution >= 0.6 is 0 Å². The van der Waals surface area contributed by atoms with Gasteiger partial charge in [0.15, 0.2) is 11.4 Å². The summed E-state index contributed by atoms with van der Waals surface area (Å²) in [4.78, 5) is 35.3. The number of piperidine rings is 1. The quantitative estimate of drug-likeness (QED) is 0.284. The molecule has 1 aliphatic heterocycles. The predicted octanol–water partition coefficient (Wildman–Crippen LogP) is 4.69. The van der Waals surface area contributed by atoms with Crippen LogP contribution in [0, 0.1) is 12.7 Å². The van der Waals surface area contributed by atoms with E-state index in [1.807, 2.05) is 28.9 Å². The van der Waals surface area contributed by atoms with Gasteiger partial charge in [0, 0.05) is 30.6 Å². The molecular formula is C29H29FN6O2. The van der Waals surface area contributed by atoms with E-state index in [0.29, 0.717) is 59.6 Å². The highest BCUT2D eigenvalue weighted by Crippen LogP contribution is 2.34. The third kappa shape index (κ3) is 4.91. The number of halogens is 1. The van der Waals surface area contributed by atoms with Gasteiger partial charge in [-0.15, -0.1) is 0 Å². The maximum Gasteiger partial charge on any atom is 0.246 e. The molecule has 1 amide bonds. The number of nitrogen functional groups attached to an aromatic ring is 1. The topological polar surface area (TPSA) is 107 Å². The number of nitrogens with two attached hydrogens (primary N) is 1. The van der Waals surface area contributed by atoms with Gasteiger partial charge in [-0.1, -0.05) is 30.8 Å². The molecule has 2 aromatic carbocycles. The van der Waals surface area contributed by atoms with E-state index < -0.39 is 0 Å². The summed E-state index contributed by atoms with van der Waals surface area (Å²) < 4.78 is 15.2. The van der Waals surface area contributed by atoms with Crippen LogP contribution in [0.1, 0.15) is 46.8 Å². The number of ketones is 1. The van der Waals surface area contributed by atoms with Crippen molar-refractivity contribution in [1.82, 2.24) is 24.6 Å². The number of nitrogens with zero attached hydrogens (tertiary/aromatic N) is 5. The van der Waals surface area contributed by atoms with Gasteiger partial charge in [0.1, 0.15) is 23.7 Å². The van der Waals surface area contributed by atoms with Gasteiger partial charge in [0.25, 0.3) is 0 Å². The monoisotopic (exact) mass is 512 g/mol. The molecule has 1 aliphatic rings. The zero-order valence-corrected chi connectivity index (χ0v) is 21.2. The zero-order chi connectivity index (χ0) is 26.8. The van der Waals surface area contributed by atoms with Gasteiger partial charge >= 0.3 is 0 Å². The summed E-state index contributed by atoms with van der Waals surface area (Å²) in [5, 5.41) is 5.59. The number of Topliss-reactive ketones (excluding diaryl/α,β-unsaturated/α-hetero) is 1. The van der Waals surface area contributed by atoms with Crippen LogP contribution in [0.5, 0.6) is 0 Å². The minimum atomic E-state index is -0.346. The zero-order valence-electron chi connectivity index (χ0n) is 21.2. The van der Waals surface area contributed by atoms with E-state index >= 15 is 0 Å². The van der Waals surface area contributed by atoms with Crippen molar-refractivity contribution in [2.45, 2.75) is 38.6 Å². The molecular weight excluding hydrogens is 483 g/mol. The molecule has 1 saturated heterocycles. The van der Waals surface area contributed by atoms with Crippen LogP contribution in [-0.4, -0.2) is 49.4 Å². The Labute approximate surface area is 220 Å². The minimum Gasteiger partial charge on any atom is -0.383 e. The summed E-state index contributed by atoms with van der Waals surface area (Å²) in [6.07, 6.45) is 5.37. The Bertz CT molecular complexity index is 1530. The number of aryl methyl sites for hydroxylation is 2. The molecule has 0 aliphatic carbocycles. The number of rotatable bonds is 7. The molecule has 5 rings (SSSR count). The normalized spacial score (nSPS) is 15.5. The molecule has 1 fully saturated rings. The Morgan fingerprint density at radius 2 is 1.97 bits per heavy atom. The highest BCUT2D eigenvalue weighted by atomic mass is 19.1. The smallest absolute Gasteiger partial charge is 0.246 e. The van der Waals surface area contributed by atoms with Crippen LogP contribution in [0.15, 0.2) is 61.4 Å². The molecule has 2 aromatic heterocycles. The molecule has 8 nitrogen and oxygen atoms in total. The van der Waals surface area contributed by atoms with E-state index in [9.17, 15) is 14.0 Å². The van der Waals surface area contributed by atoms with Crippen molar-refractivity contribution < 1.29 is 14.0 Å². The summed E-state index contributed by atoms with van der Waals surface area (Å²) in [6, 6.07) is 12.0. The largest absolute Gasteiger partial charge is 0.383 e. The van der Waals surface area contributed by atoms with Gasteiger partial charge in [0.2, 0.25) is 5.91 Å². The van der Waals surface area contributed by atoms with E-state index in [4.69, 9.17) is 10.8 Å². The highest BCUT2D eigenvalue weighted by Gasteiger charge is 2.28. The Kier molecular flexibility index (Phi) is 7.00. The predicted molar refractivity (Wildman–Crippen MR) is 144 cm³/mol. The maximum absolute atomic E-state index is 13.4. The fraction of sp³-hybridized carbons (Fsp3) is 0.276. The summed E-state index contributed by atoms with van der Waals surface area (Å²) >= 11 is 0. The number of amides is 1. The van der Waals surface area contributed by atoms with Crippen molar-refractivity contribution in [3.8, 4) is 11.3 Å². The Morgan fingerprint density at radius 3 is 2.71 bits per heavy atom. The lowest BCUT2D eigenvalue weighted by atomic mass is 9.98. The van der Waals surface area contributed by atoms with Crippen LogP contribution in [0.3, 0.4) is 0 Å². The first-order valence-corrected chi connectivity index (χ1v) is 12.6. The standard InChI is InChI=1S/C29H29FN6O2/c1-3-25(38)35-14-4-5-22(16-35)36-29-26(28(31)32-17-33-29)27(34-36)20-9-6-19(7-10-20)8-13-24(37)23-12-11-21(30)15-18(23)2/h3,6-7,9-12,15,17,22H,1,4-5,8,13-14,16H2,2H3,(H2,31,32,33)/t22-/m1/s1. The maximum atomic E-state index is 13.4. The number of fused-ring (bicyclic) bond motifs is 1. The molecule has 3 heterocycles. The molecule has 1 atom stereocenters. The first kappa shape index (κ1) is 25.3. The average molecular weight is 513 g/mol. The van der Waals surface area contributed by atoms with E-state index in [0.717, 1.165) is 24.0 Å². The second-order valence-corrected chi connectivity index (χ2v) is 9.61. The Morgan fingerprint density at radius 1 is 1.18 bits per heavy atom. The summed E-state index contributed by atoms with van der Waals surface area (Å²) in [5.74, 6) is -0.112. The van der Waals surface area contributed by atoms with Crippen molar-refractivity contribution in [2.75, 3.05) is 18.8 Å². The second-order valence-electron chi connectivity index (χ2n) is 9.61. The van der Waals surface area contributed by atoms with Crippen LogP contribution in [0.25, 0.3) is 22.3 Å². The molecule has 0 bridgehead atoms. The summed E-state index contributed by atoms with van der Waals surface area (Å²) in [7, 11) is 0. The molecule has 0 unspecified atom stereocenters. The lowest BCUT2D eigenvalue weighted by Crippen LogP contribution is -2.40. The minimum absolute atomic E-state index is 0.0160. The molecule has 0 radical (unpaired) electrons. The third-order valence-corrected chi connectivity index (χ3v) is 7.10. The SMILES string of the molecule is C=CC(=O)N1CCC[C@@H](n2nc(-c3ccc(CCC(=O)c4ccc(F)cc4C)cc3)c3c(N)ncnc32)C1. The van der Waals surface area contributed by atoms with Gasteiger partial charge in [0.05, 0.1) is 11.4 Å².